The maximum absolute atomic E-state index is 13.2. The van der Waals surface area contributed by atoms with Gasteiger partial charge in [-0.3, -0.25) is 4.79 Å². The molecule has 0 heterocycles. The molecule has 80 valence electrons. The van der Waals surface area contributed by atoms with E-state index in [1.165, 1.54) is 6.07 Å². The number of carboxylic acid groups (broad SMARTS) is 1. The first-order valence-corrected chi connectivity index (χ1v) is 4.21. The number of hydrogen-bond donors (Lipinski definition) is 1. The van der Waals surface area contributed by atoms with E-state index in [0.717, 1.165) is 6.07 Å². The van der Waals surface area contributed by atoms with E-state index < -0.39 is 24.1 Å². The van der Waals surface area contributed by atoms with Gasteiger partial charge in [-0.05, 0) is 12.1 Å². The van der Waals surface area contributed by atoms with Crippen molar-refractivity contribution in [2.75, 3.05) is 6.61 Å². The molecule has 1 N–H and O–H groups in total. The third-order valence-corrected chi connectivity index (χ3v) is 1.72. The summed E-state index contributed by atoms with van der Waals surface area (Å²) < 4.78 is 17.8. The minimum absolute atomic E-state index is 0.0391. The second-order valence-electron chi connectivity index (χ2n) is 2.61. The van der Waals surface area contributed by atoms with Crippen molar-refractivity contribution in [3.8, 4) is 5.75 Å². The van der Waals surface area contributed by atoms with Crippen LogP contribution in [0.2, 0.25) is 5.02 Å². The molecule has 1 rings (SSSR count). The van der Waals surface area contributed by atoms with Crippen molar-refractivity contribution >= 4 is 23.9 Å². The van der Waals surface area contributed by atoms with Crippen LogP contribution < -0.4 is 4.74 Å². The van der Waals surface area contributed by atoms with Crippen molar-refractivity contribution in [1.82, 2.24) is 0 Å². The predicted molar refractivity (Wildman–Crippen MR) is 49.9 cm³/mol. The second-order valence-corrected chi connectivity index (χ2v) is 3.04. The number of carbonyl (C=O) groups excluding carboxylic acids is 1. The van der Waals surface area contributed by atoms with Crippen LogP contribution in [-0.4, -0.2) is 24.0 Å². The van der Waals surface area contributed by atoms with Gasteiger partial charge in [-0.2, -0.15) is 0 Å². The number of carbonyl (C=O) groups is 2. The van der Waals surface area contributed by atoms with Gasteiger partial charge in [0.1, 0.15) is 0 Å². The molecule has 0 amide bonds. The van der Waals surface area contributed by atoms with Crippen LogP contribution >= 0.6 is 11.6 Å². The summed E-state index contributed by atoms with van der Waals surface area (Å²) in [6, 6.07) is 2.13. The Balaban J connectivity index is 3.04. The molecule has 0 unspecified atom stereocenters. The van der Waals surface area contributed by atoms with Gasteiger partial charge in [0.05, 0.1) is 5.56 Å². The zero-order valence-electron chi connectivity index (χ0n) is 7.37. The van der Waals surface area contributed by atoms with Crippen LogP contribution in [0.15, 0.2) is 12.1 Å². The fourth-order valence-electron chi connectivity index (χ4n) is 0.954. The molecule has 0 spiro atoms. The van der Waals surface area contributed by atoms with Crippen LogP contribution in [0.5, 0.6) is 5.75 Å². The minimum atomic E-state index is -1.26. The monoisotopic (exact) mass is 232 g/mol. The van der Waals surface area contributed by atoms with Crippen LogP contribution in [-0.2, 0) is 4.79 Å². The van der Waals surface area contributed by atoms with Crippen LogP contribution in [0.25, 0.3) is 0 Å². The number of ether oxygens (including phenoxy) is 1. The molecule has 1 aromatic rings. The summed E-state index contributed by atoms with van der Waals surface area (Å²) in [5.74, 6) is -2.54. The van der Waals surface area contributed by atoms with Crippen LogP contribution in [0.3, 0.4) is 0 Å². The molecule has 0 saturated heterocycles. The number of carboxylic acids is 1. The Morgan fingerprint density at radius 2 is 2.27 bits per heavy atom. The van der Waals surface area contributed by atoms with Crippen molar-refractivity contribution in [3.05, 3.63) is 28.5 Å². The lowest BCUT2D eigenvalue weighted by Crippen LogP contribution is -2.11. The summed E-state index contributed by atoms with van der Waals surface area (Å²) in [5, 5.41) is 8.36. The topological polar surface area (TPSA) is 63.6 Å². The average Bonchev–Trinajstić information content (AvgIpc) is 2.14. The van der Waals surface area contributed by atoms with Crippen molar-refractivity contribution in [3.63, 3.8) is 0 Å². The molecule has 4 nitrogen and oxygen atoms in total. The highest BCUT2D eigenvalue weighted by atomic mass is 35.5. The van der Waals surface area contributed by atoms with Gasteiger partial charge in [0, 0.05) is 5.02 Å². The van der Waals surface area contributed by atoms with Gasteiger partial charge in [0.2, 0.25) is 0 Å². The van der Waals surface area contributed by atoms with Crippen molar-refractivity contribution in [1.29, 1.82) is 0 Å². The smallest absolute Gasteiger partial charge is 0.341 e. The van der Waals surface area contributed by atoms with Crippen LogP contribution in [0.4, 0.5) is 4.39 Å². The first-order valence-electron chi connectivity index (χ1n) is 3.83. The SMILES string of the molecule is O=Cc1cc(Cl)cc(F)c1OCC(=O)O. The number of rotatable bonds is 4. The van der Waals surface area contributed by atoms with Gasteiger partial charge in [-0.15, -0.1) is 0 Å². The first-order chi connectivity index (χ1) is 7.04. The summed E-state index contributed by atoms with van der Waals surface area (Å²) in [7, 11) is 0. The molecule has 1 aromatic carbocycles. The third kappa shape index (κ3) is 2.92. The van der Waals surface area contributed by atoms with E-state index in [9.17, 15) is 14.0 Å². The zero-order chi connectivity index (χ0) is 11.4. The van der Waals surface area contributed by atoms with Gasteiger partial charge < -0.3 is 9.84 Å². The average molecular weight is 233 g/mol. The first kappa shape index (κ1) is 11.5. The number of benzene rings is 1. The number of halogens is 2. The lowest BCUT2D eigenvalue weighted by Gasteiger charge is -2.07. The van der Waals surface area contributed by atoms with E-state index in [1.807, 2.05) is 0 Å². The van der Waals surface area contributed by atoms with Gasteiger partial charge >= 0.3 is 5.97 Å². The summed E-state index contributed by atoms with van der Waals surface area (Å²) in [4.78, 5) is 20.7. The van der Waals surface area contributed by atoms with E-state index in [2.05, 4.69) is 4.74 Å². The summed E-state index contributed by atoms with van der Waals surface area (Å²) in [5.41, 5.74) is -0.124. The Labute approximate surface area is 89.2 Å². The highest BCUT2D eigenvalue weighted by Gasteiger charge is 2.12. The van der Waals surface area contributed by atoms with Gasteiger partial charge in [-0.1, -0.05) is 11.6 Å². The summed E-state index contributed by atoms with van der Waals surface area (Å²) in [6.07, 6.45) is 0.339. The molecule has 0 fully saturated rings. The van der Waals surface area contributed by atoms with Gasteiger partial charge in [0.15, 0.2) is 24.5 Å². The van der Waals surface area contributed by atoms with E-state index in [-0.39, 0.29) is 10.6 Å². The number of aliphatic carboxylic acids is 1. The van der Waals surface area contributed by atoms with E-state index in [0.29, 0.717) is 6.29 Å². The molecule has 6 heteroatoms. The largest absolute Gasteiger partial charge is 0.479 e. The fourth-order valence-corrected chi connectivity index (χ4v) is 1.17. The quantitative estimate of drug-likeness (QED) is 0.804. The Morgan fingerprint density at radius 1 is 1.60 bits per heavy atom. The molecule has 0 aliphatic carbocycles. The maximum atomic E-state index is 13.2. The molecule has 15 heavy (non-hydrogen) atoms. The Kier molecular flexibility index (Phi) is 3.62. The number of hydrogen-bond acceptors (Lipinski definition) is 3. The van der Waals surface area contributed by atoms with Crippen molar-refractivity contribution < 1.29 is 23.8 Å². The molecule has 0 bridgehead atoms. The predicted octanol–water partition coefficient (Wildman–Crippen LogP) is 1.76. The molecule has 0 aliphatic heterocycles. The third-order valence-electron chi connectivity index (χ3n) is 1.50. The Hall–Kier alpha value is -1.62. The molecule has 0 atom stereocenters. The molecular weight excluding hydrogens is 227 g/mol. The highest BCUT2D eigenvalue weighted by molar-refractivity contribution is 6.30. The maximum Gasteiger partial charge on any atom is 0.341 e. The normalized spacial score (nSPS) is 9.73. The Bertz CT molecular complexity index is 405. The van der Waals surface area contributed by atoms with E-state index >= 15 is 0 Å². The fraction of sp³-hybridized carbons (Fsp3) is 0.111. The number of aldehydes is 1. The molecular formula is C9H6ClFO4. The van der Waals surface area contributed by atoms with Gasteiger partial charge in [0.25, 0.3) is 0 Å². The lowest BCUT2D eigenvalue weighted by molar-refractivity contribution is -0.139. The zero-order valence-corrected chi connectivity index (χ0v) is 8.12. The standard InChI is InChI=1S/C9H6ClFO4/c10-6-1-5(3-12)9(7(11)2-6)15-4-8(13)14/h1-3H,4H2,(H,13,14). The van der Waals surface area contributed by atoms with E-state index in [1.54, 1.807) is 0 Å². The highest BCUT2D eigenvalue weighted by Crippen LogP contribution is 2.25. The molecule has 0 saturated carbocycles. The molecule has 0 radical (unpaired) electrons. The molecule has 0 aromatic heterocycles. The second kappa shape index (κ2) is 4.75. The van der Waals surface area contributed by atoms with Crippen molar-refractivity contribution in [2.45, 2.75) is 0 Å². The lowest BCUT2D eigenvalue weighted by atomic mass is 10.2. The van der Waals surface area contributed by atoms with Crippen LogP contribution in [0, 0.1) is 5.82 Å². The van der Waals surface area contributed by atoms with E-state index in [4.69, 9.17) is 16.7 Å². The van der Waals surface area contributed by atoms with Gasteiger partial charge in [-0.25, -0.2) is 9.18 Å². The van der Waals surface area contributed by atoms with Crippen LogP contribution in [0.1, 0.15) is 10.4 Å². The van der Waals surface area contributed by atoms with Crippen molar-refractivity contribution in [2.24, 2.45) is 0 Å². The minimum Gasteiger partial charge on any atom is -0.479 e. The summed E-state index contributed by atoms with van der Waals surface area (Å²) in [6.45, 7) is -0.723. The molecule has 0 aliphatic rings. The summed E-state index contributed by atoms with van der Waals surface area (Å²) >= 11 is 5.49. The Morgan fingerprint density at radius 3 is 2.80 bits per heavy atom.